The standard InChI is InChI=1S/C12H9ClF3N3O2S/c13-9-3-1-8(2-4-9)11(12(14,15)16)19-22(20,21)10-5-17-7-18-6-10/h1-7,11,19H/t11-/m1/s1. The number of rotatable bonds is 4. The topological polar surface area (TPSA) is 72.0 Å². The molecule has 0 bridgehead atoms. The van der Waals surface area contributed by atoms with Crippen molar-refractivity contribution in [2.75, 3.05) is 0 Å². The number of nitrogens with zero attached hydrogens (tertiary/aromatic N) is 2. The minimum absolute atomic E-state index is 0.240. The summed E-state index contributed by atoms with van der Waals surface area (Å²) in [6, 6.07) is 2.29. The lowest BCUT2D eigenvalue weighted by atomic mass is 10.1. The van der Waals surface area contributed by atoms with Crippen LogP contribution in [-0.4, -0.2) is 24.6 Å². The largest absolute Gasteiger partial charge is 0.408 e. The van der Waals surface area contributed by atoms with E-state index >= 15 is 0 Å². The maximum Gasteiger partial charge on any atom is 0.408 e. The zero-order valence-corrected chi connectivity index (χ0v) is 12.3. The molecule has 0 radical (unpaired) electrons. The van der Waals surface area contributed by atoms with Gasteiger partial charge in [-0.25, -0.2) is 18.4 Å². The summed E-state index contributed by atoms with van der Waals surface area (Å²) >= 11 is 5.62. The quantitative estimate of drug-likeness (QED) is 0.919. The summed E-state index contributed by atoms with van der Waals surface area (Å²) in [6.45, 7) is 0. The van der Waals surface area contributed by atoms with Gasteiger partial charge in [0.25, 0.3) is 0 Å². The molecule has 0 aliphatic heterocycles. The Morgan fingerprint density at radius 3 is 2.14 bits per heavy atom. The van der Waals surface area contributed by atoms with Crippen molar-refractivity contribution in [1.29, 1.82) is 0 Å². The SMILES string of the molecule is O=S(=O)(N[C@H](c1ccc(Cl)cc1)C(F)(F)F)c1cncnc1. The molecule has 2 aromatic rings. The number of hydrogen-bond donors (Lipinski definition) is 1. The van der Waals surface area contributed by atoms with Crippen molar-refractivity contribution < 1.29 is 21.6 Å². The maximum atomic E-state index is 13.2. The Labute approximate surface area is 129 Å². The second kappa shape index (κ2) is 6.19. The van der Waals surface area contributed by atoms with Crippen molar-refractivity contribution in [2.24, 2.45) is 0 Å². The van der Waals surface area contributed by atoms with E-state index in [2.05, 4.69) is 9.97 Å². The van der Waals surface area contributed by atoms with Crippen molar-refractivity contribution in [3.05, 3.63) is 53.6 Å². The highest BCUT2D eigenvalue weighted by molar-refractivity contribution is 7.89. The van der Waals surface area contributed by atoms with Crippen molar-refractivity contribution in [3.63, 3.8) is 0 Å². The molecule has 0 saturated carbocycles. The lowest BCUT2D eigenvalue weighted by Crippen LogP contribution is -2.38. The molecule has 0 fully saturated rings. The predicted molar refractivity (Wildman–Crippen MR) is 72.6 cm³/mol. The van der Waals surface area contributed by atoms with E-state index in [4.69, 9.17) is 11.6 Å². The van der Waals surface area contributed by atoms with E-state index in [0.717, 1.165) is 30.9 Å². The summed E-state index contributed by atoms with van der Waals surface area (Å²) < 4.78 is 65.1. The highest BCUT2D eigenvalue weighted by atomic mass is 35.5. The minimum Gasteiger partial charge on any atom is -0.243 e. The summed E-state index contributed by atoms with van der Waals surface area (Å²) in [4.78, 5) is 6.49. The van der Waals surface area contributed by atoms with Crippen molar-refractivity contribution in [2.45, 2.75) is 17.1 Å². The van der Waals surface area contributed by atoms with Crippen LogP contribution in [0.2, 0.25) is 5.02 Å². The molecule has 1 N–H and O–H groups in total. The normalized spacial score (nSPS) is 13.8. The fourth-order valence-corrected chi connectivity index (χ4v) is 2.87. The highest BCUT2D eigenvalue weighted by Crippen LogP contribution is 2.34. The molecule has 1 aromatic carbocycles. The molecule has 10 heteroatoms. The lowest BCUT2D eigenvalue weighted by Gasteiger charge is -2.21. The van der Waals surface area contributed by atoms with Crippen LogP contribution < -0.4 is 4.72 Å². The Morgan fingerprint density at radius 2 is 1.64 bits per heavy atom. The van der Waals surface area contributed by atoms with Gasteiger partial charge in [-0.15, -0.1) is 0 Å². The number of aromatic nitrogens is 2. The molecule has 118 valence electrons. The minimum atomic E-state index is -4.82. The van der Waals surface area contributed by atoms with Gasteiger partial charge in [0, 0.05) is 5.02 Å². The van der Waals surface area contributed by atoms with Gasteiger partial charge in [-0.2, -0.15) is 17.9 Å². The molecule has 5 nitrogen and oxygen atoms in total. The third kappa shape index (κ3) is 3.93. The van der Waals surface area contributed by atoms with Gasteiger partial charge in [0.05, 0.1) is 12.4 Å². The molecule has 0 aliphatic rings. The molecular weight excluding hydrogens is 343 g/mol. The average molecular weight is 352 g/mol. The second-order valence-electron chi connectivity index (χ2n) is 4.22. The van der Waals surface area contributed by atoms with E-state index in [9.17, 15) is 21.6 Å². The Kier molecular flexibility index (Phi) is 4.69. The van der Waals surface area contributed by atoms with Crippen LogP contribution in [0, 0.1) is 0 Å². The van der Waals surface area contributed by atoms with Gasteiger partial charge < -0.3 is 0 Å². The molecule has 22 heavy (non-hydrogen) atoms. The Balaban J connectivity index is 2.38. The summed E-state index contributed by atoms with van der Waals surface area (Å²) in [5.74, 6) is 0. The van der Waals surface area contributed by atoms with Gasteiger partial charge in [0.2, 0.25) is 10.0 Å². The van der Waals surface area contributed by atoms with E-state index in [1.807, 2.05) is 0 Å². The van der Waals surface area contributed by atoms with Crippen molar-refractivity contribution >= 4 is 21.6 Å². The van der Waals surface area contributed by atoms with Gasteiger partial charge in [-0.1, -0.05) is 23.7 Å². The molecule has 0 unspecified atom stereocenters. The Morgan fingerprint density at radius 1 is 1.09 bits per heavy atom. The van der Waals surface area contributed by atoms with E-state index in [1.165, 1.54) is 12.1 Å². The van der Waals surface area contributed by atoms with Crippen LogP contribution in [0.25, 0.3) is 0 Å². The average Bonchev–Trinajstić information content (AvgIpc) is 2.46. The fourth-order valence-electron chi connectivity index (χ4n) is 1.63. The second-order valence-corrected chi connectivity index (χ2v) is 6.37. The van der Waals surface area contributed by atoms with E-state index < -0.39 is 27.1 Å². The third-order valence-corrected chi connectivity index (χ3v) is 4.28. The number of nitrogens with one attached hydrogen (secondary N) is 1. The highest BCUT2D eigenvalue weighted by Gasteiger charge is 2.43. The fraction of sp³-hybridized carbons (Fsp3) is 0.167. The molecule has 0 spiro atoms. The summed E-state index contributed by atoms with van der Waals surface area (Å²) in [5.41, 5.74) is -0.280. The van der Waals surface area contributed by atoms with Gasteiger partial charge in [-0.3, -0.25) is 0 Å². The van der Waals surface area contributed by atoms with Crippen LogP contribution in [0.15, 0.2) is 47.9 Å². The van der Waals surface area contributed by atoms with Gasteiger partial charge in [0.1, 0.15) is 17.3 Å². The molecule has 0 saturated heterocycles. The molecule has 1 heterocycles. The first-order valence-electron chi connectivity index (χ1n) is 5.80. The van der Waals surface area contributed by atoms with Gasteiger partial charge >= 0.3 is 6.18 Å². The molecular formula is C12H9ClF3N3O2S. The first kappa shape index (κ1) is 16.7. The van der Waals surface area contributed by atoms with E-state index in [-0.39, 0.29) is 10.6 Å². The van der Waals surface area contributed by atoms with Crippen LogP contribution in [0.5, 0.6) is 0 Å². The number of hydrogen-bond acceptors (Lipinski definition) is 4. The third-order valence-electron chi connectivity index (χ3n) is 2.65. The van der Waals surface area contributed by atoms with Crippen LogP contribution in [0.3, 0.4) is 0 Å². The Hall–Kier alpha value is -1.71. The first-order valence-corrected chi connectivity index (χ1v) is 7.66. The smallest absolute Gasteiger partial charge is 0.243 e. The number of sulfonamides is 1. The van der Waals surface area contributed by atoms with Crippen LogP contribution in [0.1, 0.15) is 11.6 Å². The molecule has 0 aliphatic carbocycles. The zero-order chi connectivity index (χ0) is 16.4. The van der Waals surface area contributed by atoms with Crippen LogP contribution in [0.4, 0.5) is 13.2 Å². The van der Waals surface area contributed by atoms with Crippen LogP contribution in [-0.2, 0) is 10.0 Å². The molecule has 1 atom stereocenters. The van der Waals surface area contributed by atoms with Crippen molar-refractivity contribution in [3.8, 4) is 0 Å². The van der Waals surface area contributed by atoms with Crippen LogP contribution >= 0.6 is 11.6 Å². The summed E-state index contributed by atoms with van der Waals surface area (Å²) in [7, 11) is -4.43. The number of benzene rings is 1. The number of alkyl halides is 3. The monoisotopic (exact) mass is 351 g/mol. The van der Waals surface area contributed by atoms with Gasteiger partial charge in [0.15, 0.2) is 0 Å². The maximum absolute atomic E-state index is 13.2. The zero-order valence-electron chi connectivity index (χ0n) is 10.7. The summed E-state index contributed by atoms with van der Waals surface area (Å²) in [6.07, 6.45) is -1.94. The number of halogens is 4. The lowest BCUT2D eigenvalue weighted by molar-refractivity contribution is -0.153. The predicted octanol–water partition coefficient (Wildman–Crippen LogP) is 2.71. The van der Waals surface area contributed by atoms with Gasteiger partial charge in [-0.05, 0) is 17.7 Å². The van der Waals surface area contributed by atoms with E-state index in [1.54, 1.807) is 4.72 Å². The van der Waals surface area contributed by atoms with Crippen molar-refractivity contribution in [1.82, 2.24) is 14.7 Å². The Bertz CT molecular complexity index is 736. The molecule has 2 rings (SSSR count). The molecule has 1 aromatic heterocycles. The van der Waals surface area contributed by atoms with E-state index in [0.29, 0.717) is 0 Å². The molecule has 0 amide bonds. The summed E-state index contributed by atoms with van der Waals surface area (Å²) in [5, 5.41) is 0.240. The first-order chi connectivity index (χ1) is 10.2.